The summed E-state index contributed by atoms with van der Waals surface area (Å²) in [7, 11) is -4.43. The van der Waals surface area contributed by atoms with Crippen molar-refractivity contribution in [3.8, 4) is 0 Å². The van der Waals surface area contributed by atoms with Gasteiger partial charge < -0.3 is 0 Å². The Hall–Kier alpha value is -2.83. The maximum absolute atomic E-state index is 11.6. The predicted octanol–water partition coefficient (Wildman–Crippen LogP) is 6.11. The number of allylic oxidation sites excluding steroid dienone is 2. The molecule has 6 heteroatoms. The Bertz CT molecular complexity index is 1050. The van der Waals surface area contributed by atoms with E-state index in [2.05, 4.69) is 29.9 Å². The van der Waals surface area contributed by atoms with E-state index in [-0.39, 0.29) is 18.0 Å². The fourth-order valence-electron chi connectivity index (χ4n) is 2.50. The van der Waals surface area contributed by atoms with Crippen molar-refractivity contribution in [3.63, 3.8) is 0 Å². The summed E-state index contributed by atoms with van der Waals surface area (Å²) < 4.78 is 32.5. The molecule has 0 spiro atoms. The van der Waals surface area contributed by atoms with Gasteiger partial charge in [0.15, 0.2) is 0 Å². The van der Waals surface area contributed by atoms with Crippen molar-refractivity contribution in [1.29, 1.82) is 0 Å². The SMILES string of the molecule is C.C=Nc1ccc(N=C(C)c2cc(C(=C)C)cc(C(=C)C)c2)cc1S(=O)(=O)O. The normalized spacial score (nSPS) is 11.5. The minimum Gasteiger partial charge on any atom is -0.282 e. The first-order valence-electron chi connectivity index (χ1n) is 8.13. The Balaban J connectivity index is 0.00000392. The average Bonchev–Trinajstić information content (AvgIpc) is 2.60. The lowest BCUT2D eigenvalue weighted by atomic mass is 9.96. The van der Waals surface area contributed by atoms with Crippen molar-refractivity contribution >= 4 is 45.1 Å². The van der Waals surface area contributed by atoms with Gasteiger partial charge in [-0.05, 0) is 80.6 Å². The quantitative estimate of drug-likeness (QED) is 0.471. The van der Waals surface area contributed by atoms with E-state index in [1.807, 2.05) is 39.0 Å². The van der Waals surface area contributed by atoms with Gasteiger partial charge >= 0.3 is 0 Å². The molecule has 5 nitrogen and oxygen atoms in total. The van der Waals surface area contributed by atoms with Crippen LogP contribution in [0.4, 0.5) is 11.4 Å². The van der Waals surface area contributed by atoms with Crippen molar-refractivity contribution in [2.75, 3.05) is 0 Å². The lowest BCUT2D eigenvalue weighted by molar-refractivity contribution is 0.483. The molecule has 0 aliphatic carbocycles. The minimum absolute atomic E-state index is 0. The monoisotopic (exact) mass is 398 g/mol. The van der Waals surface area contributed by atoms with E-state index in [0.717, 1.165) is 27.8 Å². The topological polar surface area (TPSA) is 79.1 Å². The Morgan fingerprint density at radius 1 is 0.929 bits per heavy atom. The Kier molecular flexibility index (Phi) is 7.38. The smallest absolute Gasteiger partial charge is 0.282 e. The van der Waals surface area contributed by atoms with Crippen LogP contribution in [0.2, 0.25) is 0 Å². The summed E-state index contributed by atoms with van der Waals surface area (Å²) in [6.07, 6.45) is 0. The van der Waals surface area contributed by atoms with Crippen LogP contribution in [-0.2, 0) is 10.1 Å². The number of rotatable bonds is 6. The Morgan fingerprint density at radius 3 is 1.86 bits per heavy atom. The van der Waals surface area contributed by atoms with Crippen LogP contribution in [0.3, 0.4) is 0 Å². The van der Waals surface area contributed by atoms with Crippen LogP contribution in [0.1, 0.15) is 44.9 Å². The highest BCUT2D eigenvalue weighted by molar-refractivity contribution is 7.86. The molecule has 1 N–H and O–H groups in total. The Labute approximate surface area is 167 Å². The third-order valence-corrected chi connectivity index (χ3v) is 4.91. The second-order valence-corrected chi connectivity index (χ2v) is 7.73. The van der Waals surface area contributed by atoms with E-state index in [4.69, 9.17) is 0 Å². The van der Waals surface area contributed by atoms with E-state index in [9.17, 15) is 13.0 Å². The van der Waals surface area contributed by atoms with E-state index in [0.29, 0.717) is 11.4 Å². The molecular weight excluding hydrogens is 372 g/mol. The molecule has 0 saturated carbocycles. The van der Waals surface area contributed by atoms with Gasteiger partial charge in [-0.2, -0.15) is 8.42 Å². The van der Waals surface area contributed by atoms with E-state index in [1.165, 1.54) is 12.1 Å². The lowest BCUT2D eigenvalue weighted by Crippen LogP contribution is -1.99. The van der Waals surface area contributed by atoms with Gasteiger partial charge in [-0.25, -0.2) is 0 Å². The van der Waals surface area contributed by atoms with Crippen LogP contribution in [0.5, 0.6) is 0 Å². The first-order valence-corrected chi connectivity index (χ1v) is 9.57. The molecule has 148 valence electrons. The van der Waals surface area contributed by atoms with Crippen LogP contribution >= 0.6 is 0 Å². The van der Waals surface area contributed by atoms with Gasteiger partial charge in [-0.15, -0.1) is 0 Å². The van der Waals surface area contributed by atoms with Gasteiger partial charge in [0.25, 0.3) is 10.1 Å². The number of hydrogen-bond donors (Lipinski definition) is 1. The highest BCUT2D eigenvalue weighted by Crippen LogP contribution is 2.29. The van der Waals surface area contributed by atoms with Crippen molar-refractivity contribution in [3.05, 3.63) is 66.2 Å². The van der Waals surface area contributed by atoms with Crippen LogP contribution in [0.25, 0.3) is 11.1 Å². The van der Waals surface area contributed by atoms with Gasteiger partial charge in [0.1, 0.15) is 4.90 Å². The standard InChI is InChI=1S/C21H22N2O3S.CH4/c1-13(2)16-9-17(14(3)4)11-18(10-16)15(5)23-19-7-8-20(22-6)21(12-19)27(24,25)26;/h7-12H,1,3,6H2,2,4-5H3,(H,24,25,26);1H4. The number of aliphatic imine (C=N–C) groups is 2. The molecule has 0 aliphatic heterocycles. The average molecular weight is 399 g/mol. The fraction of sp³-hybridized carbons (Fsp3) is 0.182. The molecule has 0 aromatic heterocycles. The van der Waals surface area contributed by atoms with Crippen LogP contribution in [-0.4, -0.2) is 25.4 Å². The van der Waals surface area contributed by atoms with E-state index < -0.39 is 10.1 Å². The third-order valence-electron chi connectivity index (χ3n) is 4.02. The van der Waals surface area contributed by atoms with Gasteiger partial charge in [-0.1, -0.05) is 31.7 Å². The lowest BCUT2D eigenvalue weighted by Gasteiger charge is -2.10. The molecule has 0 saturated heterocycles. The molecule has 2 aromatic rings. The second-order valence-electron chi connectivity index (χ2n) is 6.34. The number of benzene rings is 2. The molecule has 28 heavy (non-hydrogen) atoms. The van der Waals surface area contributed by atoms with Gasteiger partial charge in [0, 0.05) is 5.71 Å². The summed E-state index contributed by atoms with van der Waals surface area (Å²) >= 11 is 0. The zero-order chi connectivity index (χ0) is 20.4. The molecule has 0 amide bonds. The van der Waals surface area contributed by atoms with Gasteiger partial charge in [0.2, 0.25) is 0 Å². The third kappa shape index (κ3) is 5.34. The Morgan fingerprint density at radius 2 is 1.43 bits per heavy atom. The van der Waals surface area contributed by atoms with Crippen molar-refractivity contribution < 1.29 is 13.0 Å². The van der Waals surface area contributed by atoms with Crippen molar-refractivity contribution in [2.45, 2.75) is 33.1 Å². The maximum Gasteiger partial charge on any atom is 0.296 e. The number of nitrogens with zero attached hydrogens (tertiary/aromatic N) is 2. The van der Waals surface area contributed by atoms with Crippen LogP contribution in [0, 0.1) is 0 Å². The molecule has 0 unspecified atom stereocenters. The highest BCUT2D eigenvalue weighted by Gasteiger charge is 2.16. The fourth-order valence-corrected chi connectivity index (χ4v) is 3.16. The van der Waals surface area contributed by atoms with Crippen LogP contribution in [0.15, 0.2) is 64.4 Å². The zero-order valence-corrected chi connectivity index (χ0v) is 16.5. The molecular formula is C22H26N2O3S. The largest absolute Gasteiger partial charge is 0.296 e. The van der Waals surface area contributed by atoms with Crippen molar-refractivity contribution in [2.24, 2.45) is 9.98 Å². The first kappa shape index (κ1) is 23.2. The first-order chi connectivity index (χ1) is 12.5. The van der Waals surface area contributed by atoms with Crippen LogP contribution < -0.4 is 0 Å². The van der Waals surface area contributed by atoms with E-state index >= 15 is 0 Å². The molecule has 0 fully saturated rings. The molecule has 0 bridgehead atoms. The summed E-state index contributed by atoms with van der Waals surface area (Å²) in [5.41, 5.74) is 5.79. The molecule has 2 rings (SSSR count). The molecule has 2 aromatic carbocycles. The maximum atomic E-state index is 11.6. The molecule has 0 radical (unpaired) electrons. The molecule has 0 atom stereocenters. The van der Waals surface area contributed by atoms with Gasteiger partial charge in [-0.3, -0.25) is 14.5 Å². The highest BCUT2D eigenvalue weighted by atomic mass is 32.2. The number of hydrogen-bond acceptors (Lipinski definition) is 4. The molecule has 0 aliphatic rings. The van der Waals surface area contributed by atoms with Gasteiger partial charge in [0.05, 0.1) is 11.4 Å². The van der Waals surface area contributed by atoms with Crippen molar-refractivity contribution in [1.82, 2.24) is 0 Å². The minimum atomic E-state index is -4.43. The summed E-state index contributed by atoms with van der Waals surface area (Å²) in [4.78, 5) is 7.79. The second kappa shape index (κ2) is 8.91. The van der Waals surface area contributed by atoms with E-state index in [1.54, 1.807) is 6.07 Å². The summed E-state index contributed by atoms with van der Waals surface area (Å²) in [6.45, 7) is 17.0. The summed E-state index contributed by atoms with van der Waals surface area (Å²) in [5, 5.41) is 0. The molecule has 0 heterocycles. The predicted molar refractivity (Wildman–Crippen MR) is 120 cm³/mol. The zero-order valence-electron chi connectivity index (χ0n) is 15.7. The summed E-state index contributed by atoms with van der Waals surface area (Å²) in [5.74, 6) is 0. The summed E-state index contributed by atoms with van der Waals surface area (Å²) in [6, 6.07) is 10.3.